The van der Waals surface area contributed by atoms with Crippen molar-refractivity contribution in [2.24, 2.45) is 0 Å². The standard InChI is InChI=1S/C17H22N2O4/c1-16(2)12-8-11(4-5-13(12)18-15(16)23)14(22)19-7-3-6-17(19,9-20)10-21/h4-5,8,20-21H,3,6-7,9-10H2,1-2H3,(H,18,23). The number of amides is 2. The van der Waals surface area contributed by atoms with Crippen molar-refractivity contribution in [1.29, 1.82) is 0 Å². The average Bonchev–Trinajstić information content (AvgIpc) is 3.07. The molecule has 0 aliphatic carbocycles. The molecule has 2 heterocycles. The molecule has 1 fully saturated rings. The van der Waals surface area contributed by atoms with E-state index in [4.69, 9.17) is 0 Å². The van der Waals surface area contributed by atoms with Crippen LogP contribution in [0.15, 0.2) is 18.2 Å². The molecule has 2 aliphatic heterocycles. The van der Waals surface area contributed by atoms with E-state index >= 15 is 0 Å². The summed E-state index contributed by atoms with van der Waals surface area (Å²) in [5, 5.41) is 22.1. The van der Waals surface area contributed by atoms with Crippen LogP contribution in [0.5, 0.6) is 0 Å². The summed E-state index contributed by atoms with van der Waals surface area (Å²) in [7, 11) is 0. The molecular weight excluding hydrogens is 296 g/mol. The minimum absolute atomic E-state index is 0.0849. The fourth-order valence-electron chi connectivity index (χ4n) is 3.49. The van der Waals surface area contributed by atoms with Gasteiger partial charge in [0.2, 0.25) is 5.91 Å². The molecule has 0 bridgehead atoms. The summed E-state index contributed by atoms with van der Waals surface area (Å²) in [6.45, 7) is 3.64. The molecule has 0 unspecified atom stereocenters. The zero-order chi connectivity index (χ0) is 16.8. The van der Waals surface area contributed by atoms with Gasteiger partial charge in [0.1, 0.15) is 0 Å². The van der Waals surface area contributed by atoms with E-state index in [0.717, 1.165) is 17.7 Å². The summed E-state index contributed by atoms with van der Waals surface area (Å²) < 4.78 is 0. The normalized spacial score (nSPS) is 21.2. The highest BCUT2D eigenvalue weighted by atomic mass is 16.3. The second-order valence-corrected chi connectivity index (χ2v) is 6.94. The van der Waals surface area contributed by atoms with E-state index in [1.54, 1.807) is 23.1 Å². The van der Waals surface area contributed by atoms with Crippen LogP contribution < -0.4 is 5.32 Å². The number of carbonyl (C=O) groups is 2. The number of aliphatic hydroxyl groups is 2. The molecule has 6 nitrogen and oxygen atoms in total. The quantitative estimate of drug-likeness (QED) is 0.771. The Bertz CT molecular complexity index is 665. The highest BCUT2D eigenvalue weighted by Crippen LogP contribution is 2.38. The van der Waals surface area contributed by atoms with Gasteiger partial charge < -0.3 is 20.4 Å². The van der Waals surface area contributed by atoms with E-state index in [1.807, 2.05) is 13.8 Å². The van der Waals surface area contributed by atoms with Gasteiger partial charge in [-0.3, -0.25) is 9.59 Å². The first-order valence-electron chi connectivity index (χ1n) is 7.85. The van der Waals surface area contributed by atoms with Crippen LogP contribution in [-0.4, -0.2) is 52.2 Å². The third kappa shape index (κ3) is 2.24. The lowest BCUT2D eigenvalue weighted by atomic mass is 9.85. The van der Waals surface area contributed by atoms with E-state index in [9.17, 15) is 19.8 Å². The molecule has 1 aromatic carbocycles. The number of hydrogen-bond donors (Lipinski definition) is 3. The Morgan fingerprint density at radius 2 is 2.00 bits per heavy atom. The molecule has 3 rings (SSSR count). The molecule has 124 valence electrons. The fraction of sp³-hybridized carbons (Fsp3) is 0.529. The topological polar surface area (TPSA) is 89.9 Å². The van der Waals surface area contributed by atoms with Crippen molar-refractivity contribution in [2.45, 2.75) is 37.6 Å². The molecule has 23 heavy (non-hydrogen) atoms. The predicted molar refractivity (Wildman–Crippen MR) is 85.3 cm³/mol. The monoisotopic (exact) mass is 318 g/mol. The van der Waals surface area contributed by atoms with E-state index in [0.29, 0.717) is 18.5 Å². The SMILES string of the molecule is CC1(C)C(=O)Nc2ccc(C(=O)N3CCCC3(CO)CO)cc21. The van der Waals surface area contributed by atoms with Gasteiger partial charge in [-0.25, -0.2) is 0 Å². The number of carbonyl (C=O) groups excluding carboxylic acids is 2. The number of aliphatic hydroxyl groups excluding tert-OH is 2. The Kier molecular flexibility index (Phi) is 3.69. The Balaban J connectivity index is 1.96. The second kappa shape index (κ2) is 5.32. The second-order valence-electron chi connectivity index (χ2n) is 6.94. The van der Waals surface area contributed by atoms with Gasteiger partial charge in [0.25, 0.3) is 5.91 Å². The first-order chi connectivity index (χ1) is 10.9. The van der Waals surface area contributed by atoms with Crippen molar-refractivity contribution in [3.8, 4) is 0 Å². The summed E-state index contributed by atoms with van der Waals surface area (Å²) in [6.07, 6.45) is 1.34. The van der Waals surface area contributed by atoms with E-state index in [2.05, 4.69) is 5.32 Å². The maximum absolute atomic E-state index is 12.9. The van der Waals surface area contributed by atoms with Crippen LogP contribution in [0.3, 0.4) is 0 Å². The maximum Gasteiger partial charge on any atom is 0.254 e. The van der Waals surface area contributed by atoms with Crippen LogP contribution in [0.1, 0.15) is 42.6 Å². The van der Waals surface area contributed by atoms with E-state index < -0.39 is 11.0 Å². The largest absolute Gasteiger partial charge is 0.394 e. The number of anilines is 1. The fourth-order valence-corrected chi connectivity index (χ4v) is 3.49. The van der Waals surface area contributed by atoms with Crippen LogP contribution in [0.25, 0.3) is 0 Å². The van der Waals surface area contributed by atoms with Crippen LogP contribution in [0.4, 0.5) is 5.69 Å². The van der Waals surface area contributed by atoms with Gasteiger partial charge in [-0.05, 0) is 50.5 Å². The molecule has 0 spiro atoms. The number of fused-ring (bicyclic) bond motifs is 1. The Hall–Kier alpha value is -1.92. The molecule has 0 atom stereocenters. The predicted octanol–water partition coefficient (Wildman–Crippen LogP) is 0.876. The number of rotatable bonds is 3. The van der Waals surface area contributed by atoms with Crippen molar-refractivity contribution in [2.75, 3.05) is 25.1 Å². The van der Waals surface area contributed by atoms with E-state index in [1.165, 1.54) is 0 Å². The van der Waals surface area contributed by atoms with Gasteiger partial charge in [0.15, 0.2) is 0 Å². The molecule has 2 amide bonds. The van der Waals surface area contributed by atoms with Gasteiger partial charge in [0, 0.05) is 17.8 Å². The highest BCUT2D eigenvalue weighted by molar-refractivity contribution is 6.07. The van der Waals surface area contributed by atoms with E-state index in [-0.39, 0.29) is 25.0 Å². The Labute approximate surface area is 135 Å². The third-order valence-electron chi connectivity index (χ3n) is 5.19. The molecule has 3 N–H and O–H groups in total. The van der Waals surface area contributed by atoms with Crippen molar-refractivity contribution in [3.05, 3.63) is 29.3 Å². The summed E-state index contributed by atoms with van der Waals surface area (Å²) in [4.78, 5) is 26.4. The number of hydrogen-bond acceptors (Lipinski definition) is 4. The molecule has 6 heteroatoms. The zero-order valence-corrected chi connectivity index (χ0v) is 13.4. The molecule has 2 aliphatic rings. The number of nitrogens with zero attached hydrogens (tertiary/aromatic N) is 1. The van der Waals surface area contributed by atoms with Crippen LogP contribution in [0.2, 0.25) is 0 Å². The third-order valence-corrected chi connectivity index (χ3v) is 5.19. The summed E-state index contributed by atoms with van der Waals surface area (Å²) in [5.74, 6) is -0.304. The maximum atomic E-state index is 12.9. The number of benzene rings is 1. The minimum Gasteiger partial charge on any atom is -0.394 e. The number of nitrogens with one attached hydrogen (secondary N) is 1. The van der Waals surface area contributed by atoms with Gasteiger partial charge in [0.05, 0.1) is 24.2 Å². The van der Waals surface area contributed by atoms with Crippen molar-refractivity contribution in [3.63, 3.8) is 0 Å². The smallest absolute Gasteiger partial charge is 0.254 e. The van der Waals surface area contributed by atoms with Crippen LogP contribution >= 0.6 is 0 Å². The van der Waals surface area contributed by atoms with Gasteiger partial charge in [-0.1, -0.05) is 0 Å². The van der Waals surface area contributed by atoms with Gasteiger partial charge >= 0.3 is 0 Å². The van der Waals surface area contributed by atoms with Gasteiger partial charge in [-0.15, -0.1) is 0 Å². The average molecular weight is 318 g/mol. The molecule has 1 saturated heterocycles. The highest BCUT2D eigenvalue weighted by Gasteiger charge is 2.44. The summed E-state index contributed by atoms with van der Waals surface area (Å²) >= 11 is 0. The summed E-state index contributed by atoms with van der Waals surface area (Å²) in [5.41, 5.74) is 0.433. The molecule has 0 saturated carbocycles. The van der Waals surface area contributed by atoms with Crippen LogP contribution in [-0.2, 0) is 10.2 Å². The van der Waals surface area contributed by atoms with Crippen molar-refractivity contribution >= 4 is 17.5 Å². The first-order valence-corrected chi connectivity index (χ1v) is 7.85. The molecular formula is C17H22N2O4. The van der Waals surface area contributed by atoms with Crippen molar-refractivity contribution in [1.82, 2.24) is 4.90 Å². The lowest BCUT2D eigenvalue weighted by Gasteiger charge is -2.35. The lowest BCUT2D eigenvalue weighted by Crippen LogP contribution is -2.52. The molecule has 1 aromatic rings. The molecule has 0 radical (unpaired) electrons. The Morgan fingerprint density at radius 1 is 1.30 bits per heavy atom. The van der Waals surface area contributed by atoms with Crippen LogP contribution in [0, 0.1) is 0 Å². The first kappa shape index (κ1) is 16.0. The number of likely N-dealkylation sites (tertiary alicyclic amines) is 1. The zero-order valence-electron chi connectivity index (χ0n) is 13.4. The molecule has 0 aromatic heterocycles. The Morgan fingerprint density at radius 3 is 2.65 bits per heavy atom. The lowest BCUT2D eigenvalue weighted by molar-refractivity contribution is -0.119. The summed E-state index contributed by atoms with van der Waals surface area (Å²) in [6, 6.07) is 5.17. The van der Waals surface area contributed by atoms with Gasteiger partial charge in [-0.2, -0.15) is 0 Å². The minimum atomic E-state index is -0.889. The van der Waals surface area contributed by atoms with Crippen molar-refractivity contribution < 1.29 is 19.8 Å².